The second-order valence-corrected chi connectivity index (χ2v) is 6.08. The lowest BCUT2D eigenvalue weighted by molar-refractivity contribution is 0.0946. The molecule has 0 aliphatic heterocycles. The molecular weight excluding hydrogens is 349 g/mol. The zero-order valence-electron chi connectivity index (χ0n) is 10.9. The van der Waals surface area contributed by atoms with Gasteiger partial charge < -0.3 is 5.32 Å². The summed E-state index contributed by atoms with van der Waals surface area (Å²) in [5.74, 6) is 0.408. The number of benzene rings is 1. The zero-order valence-corrected chi connectivity index (χ0v) is 14.0. The Balaban J connectivity index is 2.56. The molecule has 1 N–H and O–H groups in total. The van der Waals surface area contributed by atoms with Gasteiger partial charge in [0.05, 0.1) is 10.0 Å². The molecule has 1 aromatic carbocycles. The number of carbonyl (C=O) groups is 1. The van der Waals surface area contributed by atoms with Crippen molar-refractivity contribution >= 4 is 45.0 Å². The van der Waals surface area contributed by atoms with Gasteiger partial charge in [0, 0.05) is 17.4 Å². The smallest absolute Gasteiger partial charge is 0.251 e. The van der Waals surface area contributed by atoms with Crippen LogP contribution in [0.4, 0.5) is 0 Å². The maximum absolute atomic E-state index is 12.0. The second-order valence-electron chi connectivity index (χ2n) is 4.47. The van der Waals surface area contributed by atoms with Gasteiger partial charge in [0.25, 0.3) is 5.91 Å². The summed E-state index contributed by atoms with van der Waals surface area (Å²) < 4.78 is 0. The summed E-state index contributed by atoms with van der Waals surface area (Å²) in [6.07, 6.45) is 3.31. The van der Waals surface area contributed by atoms with E-state index >= 15 is 0 Å². The fourth-order valence-electron chi connectivity index (χ4n) is 1.89. The lowest BCUT2D eigenvalue weighted by Crippen LogP contribution is -2.29. The van der Waals surface area contributed by atoms with E-state index in [1.54, 1.807) is 18.2 Å². The van der Waals surface area contributed by atoms with Gasteiger partial charge in [-0.15, -0.1) is 0 Å². The maximum atomic E-state index is 12.0. The first-order valence-corrected chi connectivity index (χ1v) is 8.25. The second kappa shape index (κ2) is 8.83. The topological polar surface area (TPSA) is 29.1 Å². The molecule has 2 nitrogen and oxygen atoms in total. The molecule has 1 rings (SSSR count). The fraction of sp³-hybridized carbons (Fsp3) is 0.500. The molecule has 0 saturated carbocycles. The van der Waals surface area contributed by atoms with Gasteiger partial charge in [-0.25, -0.2) is 0 Å². The molecule has 0 aliphatic rings. The van der Waals surface area contributed by atoms with Crippen LogP contribution in [-0.2, 0) is 0 Å². The molecule has 0 spiro atoms. The van der Waals surface area contributed by atoms with E-state index < -0.39 is 0 Å². The third-order valence-corrected chi connectivity index (χ3v) is 4.14. The normalized spacial score (nSPS) is 12.2. The van der Waals surface area contributed by atoms with Crippen LogP contribution in [0.1, 0.15) is 36.5 Å². The summed E-state index contributed by atoms with van der Waals surface area (Å²) in [5, 5.41) is 4.77. The van der Waals surface area contributed by atoms with Crippen LogP contribution < -0.4 is 5.32 Å². The molecule has 0 saturated heterocycles. The van der Waals surface area contributed by atoms with Crippen molar-refractivity contribution in [3.05, 3.63) is 33.8 Å². The molecule has 1 aromatic rings. The van der Waals surface area contributed by atoms with E-state index in [9.17, 15) is 4.79 Å². The minimum absolute atomic E-state index is 0.103. The number of carbonyl (C=O) groups excluding carboxylic acids is 1. The number of nitrogens with one attached hydrogen (secondary N) is 1. The average Bonchev–Trinajstić information content (AvgIpc) is 2.39. The van der Waals surface area contributed by atoms with Crippen molar-refractivity contribution < 1.29 is 4.79 Å². The molecule has 5 heteroatoms. The van der Waals surface area contributed by atoms with E-state index in [0.717, 1.165) is 24.6 Å². The Bertz CT molecular complexity index is 420. The number of hydrogen-bond acceptors (Lipinski definition) is 1. The van der Waals surface area contributed by atoms with Crippen molar-refractivity contribution in [3.8, 4) is 0 Å². The van der Waals surface area contributed by atoms with Crippen LogP contribution in [-0.4, -0.2) is 17.8 Å². The first kappa shape index (κ1) is 16.8. The SMILES string of the molecule is CCCC(CCBr)CNC(=O)c1ccc(Cl)c(Cl)c1. The third-order valence-electron chi connectivity index (χ3n) is 2.95. The highest BCUT2D eigenvalue weighted by Crippen LogP contribution is 2.22. The Kier molecular flexibility index (Phi) is 7.81. The molecule has 0 bridgehead atoms. The molecule has 0 fully saturated rings. The minimum atomic E-state index is -0.103. The fourth-order valence-corrected chi connectivity index (χ4v) is 2.83. The van der Waals surface area contributed by atoms with Gasteiger partial charge in [-0.3, -0.25) is 4.79 Å². The molecule has 0 radical (unpaired) electrons. The van der Waals surface area contributed by atoms with E-state index in [2.05, 4.69) is 28.2 Å². The Morgan fingerprint density at radius 2 is 2.05 bits per heavy atom. The molecule has 1 atom stereocenters. The molecule has 106 valence electrons. The monoisotopic (exact) mass is 365 g/mol. The Morgan fingerprint density at radius 1 is 1.32 bits per heavy atom. The van der Waals surface area contributed by atoms with Crippen molar-refractivity contribution in [3.63, 3.8) is 0 Å². The van der Waals surface area contributed by atoms with Crippen LogP contribution in [0.2, 0.25) is 10.0 Å². The third kappa shape index (κ3) is 5.72. The van der Waals surface area contributed by atoms with E-state index in [0.29, 0.717) is 28.1 Å². The van der Waals surface area contributed by atoms with Gasteiger partial charge >= 0.3 is 0 Å². The van der Waals surface area contributed by atoms with Gasteiger partial charge in [-0.2, -0.15) is 0 Å². The van der Waals surface area contributed by atoms with Crippen LogP contribution in [0.5, 0.6) is 0 Å². The maximum Gasteiger partial charge on any atom is 0.251 e. The highest BCUT2D eigenvalue weighted by molar-refractivity contribution is 9.09. The Morgan fingerprint density at radius 3 is 2.63 bits per heavy atom. The van der Waals surface area contributed by atoms with Crippen LogP contribution in [0.15, 0.2) is 18.2 Å². The number of halogens is 3. The van der Waals surface area contributed by atoms with Crippen molar-refractivity contribution in [1.82, 2.24) is 5.32 Å². The molecule has 1 unspecified atom stereocenters. The van der Waals surface area contributed by atoms with Crippen LogP contribution in [0.25, 0.3) is 0 Å². The Labute approximate surface area is 133 Å². The quantitative estimate of drug-likeness (QED) is 0.681. The number of alkyl halides is 1. The lowest BCUT2D eigenvalue weighted by Gasteiger charge is -2.15. The molecule has 0 aliphatic carbocycles. The lowest BCUT2D eigenvalue weighted by atomic mass is 10.0. The summed E-state index contributed by atoms with van der Waals surface area (Å²) in [5.41, 5.74) is 0.545. The summed E-state index contributed by atoms with van der Waals surface area (Å²) in [6.45, 7) is 2.85. The van der Waals surface area contributed by atoms with Crippen molar-refractivity contribution in [2.24, 2.45) is 5.92 Å². The number of hydrogen-bond donors (Lipinski definition) is 1. The number of rotatable bonds is 7. The minimum Gasteiger partial charge on any atom is -0.352 e. The molecule has 0 heterocycles. The van der Waals surface area contributed by atoms with E-state index in [-0.39, 0.29) is 5.91 Å². The van der Waals surface area contributed by atoms with Gasteiger partial charge in [0.2, 0.25) is 0 Å². The predicted molar refractivity (Wildman–Crippen MR) is 85.6 cm³/mol. The first-order chi connectivity index (χ1) is 9.08. The van der Waals surface area contributed by atoms with Crippen molar-refractivity contribution in [2.45, 2.75) is 26.2 Å². The van der Waals surface area contributed by atoms with Crippen LogP contribution in [0, 0.1) is 5.92 Å². The van der Waals surface area contributed by atoms with E-state index in [4.69, 9.17) is 23.2 Å². The summed E-state index contributed by atoms with van der Waals surface area (Å²) in [7, 11) is 0. The van der Waals surface area contributed by atoms with Gasteiger partial charge in [-0.05, 0) is 37.0 Å². The zero-order chi connectivity index (χ0) is 14.3. The standard InChI is InChI=1S/C14H18BrCl2NO/c1-2-3-10(6-7-15)9-18-14(19)11-4-5-12(16)13(17)8-11/h4-5,8,10H,2-3,6-7,9H2,1H3,(H,18,19). The highest BCUT2D eigenvalue weighted by atomic mass is 79.9. The first-order valence-electron chi connectivity index (χ1n) is 6.37. The predicted octanol–water partition coefficient (Wildman–Crippen LogP) is 4.92. The van der Waals surface area contributed by atoms with Crippen LogP contribution >= 0.6 is 39.1 Å². The Hall–Kier alpha value is -0.250. The van der Waals surface area contributed by atoms with E-state index in [1.807, 2.05) is 0 Å². The molecule has 0 aromatic heterocycles. The van der Waals surface area contributed by atoms with Gasteiger partial charge in [0.1, 0.15) is 0 Å². The summed E-state index contributed by atoms with van der Waals surface area (Å²) in [6, 6.07) is 4.92. The van der Waals surface area contributed by atoms with Gasteiger partial charge in [-0.1, -0.05) is 52.5 Å². The number of amides is 1. The molecule has 19 heavy (non-hydrogen) atoms. The van der Waals surface area contributed by atoms with Crippen molar-refractivity contribution in [1.29, 1.82) is 0 Å². The summed E-state index contributed by atoms with van der Waals surface area (Å²) >= 11 is 15.2. The van der Waals surface area contributed by atoms with Gasteiger partial charge in [0.15, 0.2) is 0 Å². The largest absolute Gasteiger partial charge is 0.352 e. The highest BCUT2D eigenvalue weighted by Gasteiger charge is 2.11. The summed E-state index contributed by atoms with van der Waals surface area (Å²) in [4.78, 5) is 12.0. The van der Waals surface area contributed by atoms with Crippen molar-refractivity contribution in [2.75, 3.05) is 11.9 Å². The average molecular weight is 367 g/mol. The van der Waals surface area contributed by atoms with E-state index in [1.165, 1.54) is 0 Å². The van der Waals surface area contributed by atoms with Crippen LogP contribution in [0.3, 0.4) is 0 Å². The molecule has 1 amide bonds. The molecular formula is C14H18BrCl2NO.